The molecule has 2 aliphatic rings. The van der Waals surface area contributed by atoms with E-state index in [1.165, 1.54) is 19.2 Å². The summed E-state index contributed by atoms with van der Waals surface area (Å²) in [5, 5.41) is 0. The van der Waals surface area contributed by atoms with Gasteiger partial charge in [0.05, 0.1) is 10.9 Å². The van der Waals surface area contributed by atoms with E-state index in [1.807, 2.05) is 23.1 Å². The minimum absolute atomic E-state index is 0.0379. The molecule has 2 aromatic rings. The van der Waals surface area contributed by atoms with Crippen molar-refractivity contribution in [1.82, 2.24) is 9.62 Å². The fourth-order valence-electron chi connectivity index (χ4n) is 3.68. The third-order valence-corrected chi connectivity index (χ3v) is 6.58. The highest BCUT2D eigenvalue weighted by Crippen LogP contribution is 2.38. The molecule has 0 radical (unpaired) electrons. The van der Waals surface area contributed by atoms with Crippen molar-refractivity contribution in [2.75, 3.05) is 26.8 Å². The number of nitrogens with zero attached hydrogens (tertiary/aromatic N) is 1. The van der Waals surface area contributed by atoms with Crippen LogP contribution >= 0.6 is 0 Å². The molecule has 0 aliphatic carbocycles. The highest BCUT2D eigenvalue weighted by Gasteiger charge is 2.31. The lowest BCUT2D eigenvalue weighted by Crippen LogP contribution is -2.30. The second-order valence-electron chi connectivity index (χ2n) is 6.79. The molecule has 148 valence electrons. The summed E-state index contributed by atoms with van der Waals surface area (Å²) in [6, 6.07) is 11.8. The molecule has 1 saturated heterocycles. The minimum atomic E-state index is -3.52. The van der Waals surface area contributed by atoms with Gasteiger partial charge in [0.1, 0.15) is 13.2 Å². The van der Waals surface area contributed by atoms with E-state index in [4.69, 9.17) is 9.47 Å². The van der Waals surface area contributed by atoms with Gasteiger partial charge < -0.3 is 14.4 Å². The SMILES string of the molecule is CNS(=O)(=O)c1ccc(C(=O)N2CCCC2c2ccc3c(c2)OCCO3)cc1. The number of fused-ring (bicyclic) bond motifs is 1. The molecule has 1 amide bonds. The van der Waals surface area contributed by atoms with Gasteiger partial charge in [0.15, 0.2) is 11.5 Å². The average Bonchev–Trinajstić information content (AvgIpc) is 3.23. The monoisotopic (exact) mass is 402 g/mol. The Kier molecular flexibility index (Phi) is 4.99. The van der Waals surface area contributed by atoms with Crippen molar-refractivity contribution in [2.45, 2.75) is 23.8 Å². The number of ether oxygens (including phenoxy) is 2. The van der Waals surface area contributed by atoms with Gasteiger partial charge in [0.2, 0.25) is 10.0 Å². The van der Waals surface area contributed by atoms with Gasteiger partial charge in [-0.3, -0.25) is 4.79 Å². The summed E-state index contributed by atoms with van der Waals surface area (Å²) in [6.07, 6.45) is 1.79. The van der Waals surface area contributed by atoms with Gasteiger partial charge in [-0.05, 0) is 61.9 Å². The van der Waals surface area contributed by atoms with Gasteiger partial charge in [0, 0.05) is 12.1 Å². The van der Waals surface area contributed by atoms with Gasteiger partial charge in [-0.1, -0.05) is 6.07 Å². The Labute approximate surface area is 164 Å². The van der Waals surface area contributed by atoms with Crippen LogP contribution in [0, 0.1) is 0 Å². The topological polar surface area (TPSA) is 84.9 Å². The maximum absolute atomic E-state index is 13.1. The smallest absolute Gasteiger partial charge is 0.254 e. The quantitative estimate of drug-likeness (QED) is 0.849. The van der Waals surface area contributed by atoms with Crippen LogP contribution < -0.4 is 14.2 Å². The number of likely N-dealkylation sites (tertiary alicyclic amines) is 1. The normalized spacial score (nSPS) is 18.9. The van der Waals surface area contributed by atoms with E-state index >= 15 is 0 Å². The van der Waals surface area contributed by atoms with Gasteiger partial charge in [-0.2, -0.15) is 0 Å². The summed E-state index contributed by atoms with van der Waals surface area (Å²) in [5.41, 5.74) is 1.49. The summed E-state index contributed by atoms with van der Waals surface area (Å²) in [7, 11) is -2.17. The molecule has 8 heteroatoms. The number of hydrogen-bond donors (Lipinski definition) is 1. The first-order valence-corrected chi connectivity index (χ1v) is 10.7. The van der Waals surface area contributed by atoms with E-state index < -0.39 is 10.0 Å². The van der Waals surface area contributed by atoms with Crippen LogP contribution in [-0.2, 0) is 10.0 Å². The van der Waals surface area contributed by atoms with Crippen LogP contribution in [0.4, 0.5) is 0 Å². The zero-order valence-corrected chi connectivity index (χ0v) is 16.4. The number of hydrogen-bond acceptors (Lipinski definition) is 5. The molecule has 2 aliphatic heterocycles. The molecular formula is C20H22N2O5S. The second kappa shape index (κ2) is 7.44. The Morgan fingerprint density at radius 3 is 2.50 bits per heavy atom. The van der Waals surface area contributed by atoms with Crippen molar-refractivity contribution in [1.29, 1.82) is 0 Å². The van der Waals surface area contributed by atoms with Crippen LogP contribution in [-0.4, -0.2) is 46.0 Å². The largest absolute Gasteiger partial charge is 0.486 e. The third-order valence-electron chi connectivity index (χ3n) is 5.14. The van der Waals surface area contributed by atoms with Crippen molar-refractivity contribution in [3.63, 3.8) is 0 Å². The lowest BCUT2D eigenvalue weighted by atomic mass is 10.0. The van der Waals surface area contributed by atoms with Crippen LogP contribution in [0.1, 0.15) is 34.8 Å². The average molecular weight is 402 g/mol. The Morgan fingerprint density at radius 1 is 1.07 bits per heavy atom. The minimum Gasteiger partial charge on any atom is -0.486 e. The highest BCUT2D eigenvalue weighted by molar-refractivity contribution is 7.89. The van der Waals surface area contributed by atoms with Gasteiger partial charge in [-0.15, -0.1) is 0 Å². The summed E-state index contributed by atoms with van der Waals surface area (Å²) in [4.78, 5) is 15.0. The van der Waals surface area contributed by atoms with Crippen LogP contribution in [0.5, 0.6) is 11.5 Å². The lowest BCUT2D eigenvalue weighted by molar-refractivity contribution is 0.0735. The number of nitrogens with one attached hydrogen (secondary N) is 1. The second-order valence-corrected chi connectivity index (χ2v) is 8.68. The molecule has 0 spiro atoms. The summed E-state index contributed by atoms with van der Waals surface area (Å²) in [6.45, 7) is 1.72. The first kappa shape index (κ1) is 18.8. The van der Waals surface area contributed by atoms with Gasteiger partial charge >= 0.3 is 0 Å². The van der Waals surface area contributed by atoms with Crippen molar-refractivity contribution in [2.24, 2.45) is 0 Å². The third kappa shape index (κ3) is 3.45. The van der Waals surface area contributed by atoms with Crippen molar-refractivity contribution in [3.05, 3.63) is 53.6 Å². The molecule has 1 atom stereocenters. The molecule has 0 saturated carbocycles. The molecule has 1 fully saturated rings. The molecule has 1 unspecified atom stereocenters. The first-order valence-electron chi connectivity index (χ1n) is 9.24. The van der Waals surface area contributed by atoms with Gasteiger partial charge in [0.25, 0.3) is 5.91 Å². The van der Waals surface area contributed by atoms with Crippen molar-refractivity contribution < 1.29 is 22.7 Å². The molecule has 7 nitrogen and oxygen atoms in total. The van der Waals surface area contributed by atoms with E-state index in [0.717, 1.165) is 24.2 Å². The van der Waals surface area contributed by atoms with E-state index in [2.05, 4.69) is 4.72 Å². The maximum atomic E-state index is 13.1. The van der Waals surface area contributed by atoms with Crippen LogP contribution in [0.25, 0.3) is 0 Å². The highest BCUT2D eigenvalue weighted by atomic mass is 32.2. The van der Waals surface area contributed by atoms with Crippen molar-refractivity contribution >= 4 is 15.9 Å². The Hall–Kier alpha value is -2.58. The van der Waals surface area contributed by atoms with E-state index in [9.17, 15) is 13.2 Å². The number of carbonyl (C=O) groups is 1. The zero-order chi connectivity index (χ0) is 19.7. The standard InChI is InChI=1S/C20H22N2O5S/c1-21-28(24,25)16-7-4-14(5-8-16)20(23)22-10-2-3-17(22)15-6-9-18-19(13-15)27-12-11-26-18/h4-9,13,17,21H,2-3,10-12H2,1H3. The molecule has 0 bridgehead atoms. The predicted octanol–water partition coefficient (Wildman–Crippen LogP) is 2.34. The Balaban J connectivity index is 1.57. The number of rotatable bonds is 4. The predicted molar refractivity (Wildman–Crippen MR) is 103 cm³/mol. The fraction of sp³-hybridized carbons (Fsp3) is 0.350. The van der Waals surface area contributed by atoms with Crippen molar-refractivity contribution in [3.8, 4) is 11.5 Å². The molecule has 1 N–H and O–H groups in total. The lowest BCUT2D eigenvalue weighted by Gasteiger charge is -2.27. The number of carbonyl (C=O) groups excluding carboxylic acids is 1. The van der Waals surface area contributed by atoms with Crippen LogP contribution in [0.2, 0.25) is 0 Å². The molecule has 28 heavy (non-hydrogen) atoms. The Bertz CT molecular complexity index is 988. The van der Waals surface area contributed by atoms with E-state index in [1.54, 1.807) is 12.1 Å². The number of amides is 1. The van der Waals surface area contributed by atoms with E-state index in [0.29, 0.717) is 31.1 Å². The molecule has 0 aromatic heterocycles. The summed E-state index contributed by atoms with van der Waals surface area (Å²) < 4.78 is 37.2. The first-order chi connectivity index (χ1) is 13.5. The van der Waals surface area contributed by atoms with Crippen LogP contribution in [0.3, 0.4) is 0 Å². The van der Waals surface area contributed by atoms with Crippen LogP contribution in [0.15, 0.2) is 47.4 Å². The zero-order valence-electron chi connectivity index (χ0n) is 15.6. The molecule has 2 aromatic carbocycles. The van der Waals surface area contributed by atoms with Gasteiger partial charge in [-0.25, -0.2) is 13.1 Å². The number of benzene rings is 2. The van der Waals surface area contributed by atoms with E-state index in [-0.39, 0.29) is 16.8 Å². The molecule has 2 heterocycles. The molecular weight excluding hydrogens is 380 g/mol. The summed E-state index contributed by atoms with van der Waals surface area (Å²) in [5.74, 6) is 1.34. The molecule has 4 rings (SSSR count). The number of sulfonamides is 1. The fourth-order valence-corrected chi connectivity index (χ4v) is 4.41. The Morgan fingerprint density at radius 2 is 1.79 bits per heavy atom. The maximum Gasteiger partial charge on any atom is 0.254 e. The summed E-state index contributed by atoms with van der Waals surface area (Å²) >= 11 is 0.